The molecule has 0 spiro atoms. The molecular formula is C16H14N2O5. The topological polar surface area (TPSA) is 110 Å². The number of rotatable bonds is 6. The van der Waals surface area contributed by atoms with Gasteiger partial charge in [-0.3, -0.25) is 14.9 Å². The van der Waals surface area contributed by atoms with Crippen LogP contribution in [0.15, 0.2) is 48.5 Å². The van der Waals surface area contributed by atoms with Crippen molar-refractivity contribution in [2.24, 2.45) is 0 Å². The summed E-state index contributed by atoms with van der Waals surface area (Å²) < 4.78 is 0. The number of hydrogen-bond donors (Lipinski definition) is 2. The third-order valence-corrected chi connectivity index (χ3v) is 3.24. The van der Waals surface area contributed by atoms with Crippen molar-refractivity contribution in [3.05, 3.63) is 75.3 Å². The Hall–Kier alpha value is -3.22. The minimum absolute atomic E-state index is 0.244. The minimum atomic E-state index is -1.39. The van der Waals surface area contributed by atoms with Crippen LogP contribution in [0.5, 0.6) is 0 Å². The maximum Gasteiger partial charge on any atom is 0.336 e. The van der Waals surface area contributed by atoms with Gasteiger partial charge in [-0.2, -0.15) is 0 Å². The summed E-state index contributed by atoms with van der Waals surface area (Å²) in [7, 11) is 0. The Bertz CT molecular complexity index is 711. The molecule has 2 rings (SSSR count). The smallest absolute Gasteiger partial charge is 0.336 e. The molecule has 0 aliphatic heterocycles. The number of carboxylic acid groups (broad SMARTS) is 1. The summed E-state index contributed by atoms with van der Waals surface area (Å²) in [6.07, 6.45) is 0.537. The first kappa shape index (κ1) is 16.2. The minimum Gasteiger partial charge on any atom is -0.478 e. The second-order valence-electron chi connectivity index (χ2n) is 4.75. The number of amides is 1. The molecule has 7 nitrogen and oxygen atoms in total. The van der Waals surface area contributed by atoms with Crippen molar-refractivity contribution in [2.45, 2.75) is 6.42 Å². The first-order chi connectivity index (χ1) is 11.0. The molecule has 0 aromatic heterocycles. The van der Waals surface area contributed by atoms with Crippen molar-refractivity contribution in [1.82, 2.24) is 5.32 Å². The van der Waals surface area contributed by atoms with Crippen molar-refractivity contribution in [1.29, 1.82) is 0 Å². The molecule has 0 aliphatic rings. The number of carbonyl (C=O) groups is 2. The van der Waals surface area contributed by atoms with Crippen LogP contribution in [0.3, 0.4) is 0 Å². The number of nitrogens with one attached hydrogen (secondary N) is 1. The van der Waals surface area contributed by atoms with Crippen LogP contribution in [-0.4, -0.2) is 28.5 Å². The summed E-state index contributed by atoms with van der Waals surface area (Å²) >= 11 is 0. The number of nitrogens with zero attached hydrogens (tertiary/aromatic N) is 1. The Balaban J connectivity index is 2.18. The second kappa shape index (κ2) is 7.17. The zero-order valence-electron chi connectivity index (χ0n) is 12.1. The molecule has 7 heteroatoms. The highest BCUT2D eigenvalue weighted by atomic mass is 16.6. The van der Waals surface area contributed by atoms with Gasteiger partial charge in [0.25, 0.3) is 11.6 Å². The molecule has 0 unspecified atom stereocenters. The van der Waals surface area contributed by atoms with E-state index in [-0.39, 0.29) is 6.54 Å². The lowest BCUT2D eigenvalue weighted by atomic mass is 10.0. The fraction of sp³-hybridized carbons (Fsp3) is 0.125. The molecule has 118 valence electrons. The predicted molar refractivity (Wildman–Crippen MR) is 82.5 cm³/mol. The molecule has 0 aliphatic carbocycles. The fourth-order valence-corrected chi connectivity index (χ4v) is 2.16. The third-order valence-electron chi connectivity index (χ3n) is 3.24. The molecule has 0 saturated carbocycles. The highest BCUT2D eigenvalue weighted by molar-refractivity contribution is 6.07. The number of carbonyl (C=O) groups excluding carboxylic acids is 1. The van der Waals surface area contributed by atoms with Gasteiger partial charge in [0, 0.05) is 12.6 Å². The van der Waals surface area contributed by atoms with Crippen molar-refractivity contribution in [3.63, 3.8) is 0 Å². The van der Waals surface area contributed by atoms with Gasteiger partial charge in [0.15, 0.2) is 0 Å². The lowest BCUT2D eigenvalue weighted by molar-refractivity contribution is -0.385. The van der Waals surface area contributed by atoms with Crippen molar-refractivity contribution in [2.75, 3.05) is 6.54 Å². The summed E-state index contributed by atoms with van der Waals surface area (Å²) in [4.78, 5) is 33.7. The first-order valence-electron chi connectivity index (χ1n) is 6.83. The van der Waals surface area contributed by atoms with Gasteiger partial charge >= 0.3 is 5.97 Å². The van der Waals surface area contributed by atoms with Crippen LogP contribution in [0, 0.1) is 10.1 Å². The molecule has 0 atom stereocenters. The Morgan fingerprint density at radius 2 is 1.78 bits per heavy atom. The van der Waals surface area contributed by atoms with Crippen molar-refractivity contribution < 1.29 is 19.6 Å². The lowest BCUT2D eigenvalue weighted by Gasteiger charge is -2.08. The Kier molecular flexibility index (Phi) is 5.03. The van der Waals surface area contributed by atoms with E-state index in [4.69, 9.17) is 5.11 Å². The average molecular weight is 314 g/mol. The number of carboxylic acids is 1. The number of aromatic carboxylic acids is 1. The molecule has 1 amide bonds. The summed E-state index contributed by atoms with van der Waals surface area (Å²) in [5.41, 5.74) is -0.356. The van der Waals surface area contributed by atoms with Gasteiger partial charge in [-0.1, -0.05) is 36.4 Å². The number of nitro benzene ring substituents is 1. The highest BCUT2D eigenvalue weighted by Gasteiger charge is 2.26. The molecular weight excluding hydrogens is 300 g/mol. The fourth-order valence-electron chi connectivity index (χ4n) is 2.16. The SMILES string of the molecule is O=C(O)c1cccc([N+](=O)[O-])c1C(=O)NCCc1ccccc1. The van der Waals surface area contributed by atoms with Crippen LogP contribution in [-0.2, 0) is 6.42 Å². The molecule has 0 saturated heterocycles. The molecule has 2 N–H and O–H groups in total. The molecule has 2 aromatic rings. The van der Waals surface area contributed by atoms with E-state index in [1.807, 2.05) is 30.3 Å². The Morgan fingerprint density at radius 3 is 2.39 bits per heavy atom. The van der Waals surface area contributed by atoms with E-state index < -0.39 is 33.6 Å². The largest absolute Gasteiger partial charge is 0.478 e. The molecule has 23 heavy (non-hydrogen) atoms. The average Bonchev–Trinajstić information content (AvgIpc) is 2.54. The summed E-state index contributed by atoms with van der Waals surface area (Å²) in [5.74, 6) is -2.16. The molecule has 0 radical (unpaired) electrons. The van der Waals surface area contributed by atoms with Crippen LogP contribution in [0.2, 0.25) is 0 Å². The van der Waals surface area contributed by atoms with E-state index in [2.05, 4.69) is 5.32 Å². The summed E-state index contributed by atoms with van der Waals surface area (Å²) in [6, 6.07) is 12.9. The van der Waals surface area contributed by atoms with Crippen LogP contribution in [0.25, 0.3) is 0 Å². The zero-order chi connectivity index (χ0) is 16.8. The van der Waals surface area contributed by atoms with E-state index in [0.29, 0.717) is 6.42 Å². The van der Waals surface area contributed by atoms with Crippen molar-refractivity contribution in [3.8, 4) is 0 Å². The Morgan fingerprint density at radius 1 is 1.09 bits per heavy atom. The number of nitro groups is 1. The van der Waals surface area contributed by atoms with E-state index in [1.54, 1.807) is 0 Å². The summed E-state index contributed by atoms with van der Waals surface area (Å²) in [5, 5.41) is 22.7. The van der Waals surface area contributed by atoms with E-state index in [1.165, 1.54) is 12.1 Å². The first-order valence-corrected chi connectivity index (χ1v) is 6.83. The highest BCUT2D eigenvalue weighted by Crippen LogP contribution is 2.22. The van der Waals surface area contributed by atoms with Gasteiger partial charge in [0.1, 0.15) is 5.56 Å². The predicted octanol–water partition coefficient (Wildman–Crippen LogP) is 2.27. The molecule has 2 aromatic carbocycles. The van der Waals surface area contributed by atoms with Crippen LogP contribution in [0.1, 0.15) is 26.3 Å². The van der Waals surface area contributed by atoms with Crippen LogP contribution in [0.4, 0.5) is 5.69 Å². The van der Waals surface area contributed by atoms with Gasteiger partial charge in [-0.25, -0.2) is 4.79 Å². The van der Waals surface area contributed by atoms with Gasteiger partial charge in [0.05, 0.1) is 10.5 Å². The third kappa shape index (κ3) is 3.91. The number of hydrogen-bond acceptors (Lipinski definition) is 4. The van der Waals surface area contributed by atoms with E-state index in [0.717, 1.165) is 11.6 Å². The van der Waals surface area contributed by atoms with Gasteiger partial charge in [-0.05, 0) is 18.1 Å². The summed E-state index contributed by atoms with van der Waals surface area (Å²) in [6.45, 7) is 0.244. The van der Waals surface area contributed by atoms with Crippen molar-refractivity contribution >= 4 is 17.6 Å². The molecule has 0 fully saturated rings. The Labute approximate surface area is 131 Å². The maximum atomic E-state index is 12.2. The van der Waals surface area contributed by atoms with Crippen LogP contribution < -0.4 is 5.32 Å². The van der Waals surface area contributed by atoms with Gasteiger partial charge in [0.2, 0.25) is 0 Å². The maximum absolute atomic E-state index is 12.2. The van der Waals surface area contributed by atoms with E-state index in [9.17, 15) is 19.7 Å². The number of benzene rings is 2. The van der Waals surface area contributed by atoms with Gasteiger partial charge < -0.3 is 10.4 Å². The monoisotopic (exact) mass is 314 g/mol. The quantitative estimate of drug-likeness (QED) is 0.628. The van der Waals surface area contributed by atoms with E-state index >= 15 is 0 Å². The lowest BCUT2D eigenvalue weighted by Crippen LogP contribution is -2.28. The standard InChI is InChI=1S/C16H14N2O5/c19-15(17-10-9-11-5-2-1-3-6-11)14-12(16(20)21)7-4-8-13(14)18(22)23/h1-8H,9-10H2,(H,17,19)(H,20,21). The van der Waals surface area contributed by atoms with Gasteiger partial charge in [-0.15, -0.1) is 0 Å². The normalized spacial score (nSPS) is 10.1. The second-order valence-corrected chi connectivity index (χ2v) is 4.75. The zero-order valence-corrected chi connectivity index (χ0v) is 12.1. The van der Waals surface area contributed by atoms with Crippen LogP contribution >= 0.6 is 0 Å². The molecule has 0 heterocycles. The molecule has 0 bridgehead atoms.